The molecule has 4 aliphatic rings. The molecule has 1 N–H and O–H groups in total. The van der Waals surface area contributed by atoms with E-state index < -0.39 is 12.1 Å². The molecule has 0 aliphatic carbocycles. The van der Waals surface area contributed by atoms with Crippen molar-refractivity contribution < 1.29 is 24.1 Å². The number of carboxylic acid groups (broad SMARTS) is 1. The zero-order chi connectivity index (χ0) is 33.0. The second kappa shape index (κ2) is 14.5. The van der Waals surface area contributed by atoms with Crippen molar-refractivity contribution in [3.05, 3.63) is 53.2 Å². The molecule has 3 atom stereocenters. The van der Waals surface area contributed by atoms with Gasteiger partial charge in [0.15, 0.2) is 6.29 Å². The van der Waals surface area contributed by atoms with Crippen molar-refractivity contribution in [3.8, 4) is 12.1 Å². The van der Waals surface area contributed by atoms with Gasteiger partial charge in [-0.1, -0.05) is 30.3 Å². The van der Waals surface area contributed by atoms with Gasteiger partial charge in [0.05, 0.1) is 37.4 Å². The first-order valence-corrected chi connectivity index (χ1v) is 17.3. The zero-order valence-electron chi connectivity index (χ0n) is 27.7. The molecule has 0 saturated carbocycles. The van der Waals surface area contributed by atoms with Crippen molar-refractivity contribution in [2.75, 3.05) is 62.8 Å². The van der Waals surface area contributed by atoms with Gasteiger partial charge in [-0.3, -0.25) is 0 Å². The maximum atomic E-state index is 11.9. The van der Waals surface area contributed by atoms with Gasteiger partial charge in [-0.2, -0.15) is 15.2 Å². The lowest BCUT2D eigenvalue weighted by atomic mass is 9.99. The van der Waals surface area contributed by atoms with Gasteiger partial charge in [0.1, 0.15) is 12.4 Å². The largest absolute Gasteiger partial charge is 0.465 e. The Kier molecular flexibility index (Phi) is 9.79. The Bertz CT molecular complexity index is 1650. The second-order valence-electron chi connectivity index (χ2n) is 13.4. The molecular weight excluding hydrogens is 610 g/mol. The molecule has 4 aliphatic heterocycles. The van der Waals surface area contributed by atoms with Crippen molar-refractivity contribution in [1.29, 1.82) is 5.26 Å². The highest BCUT2D eigenvalue weighted by atomic mass is 16.7. The number of ether oxygens (including phenoxy) is 3. The van der Waals surface area contributed by atoms with Crippen molar-refractivity contribution in [1.82, 2.24) is 19.8 Å². The molecule has 0 radical (unpaired) electrons. The van der Waals surface area contributed by atoms with E-state index in [4.69, 9.17) is 24.2 Å². The van der Waals surface area contributed by atoms with Gasteiger partial charge in [0.25, 0.3) is 0 Å². The minimum absolute atomic E-state index is 0.126. The molecule has 0 bridgehead atoms. The summed E-state index contributed by atoms with van der Waals surface area (Å²) in [4.78, 5) is 30.1. The van der Waals surface area contributed by atoms with E-state index in [2.05, 4.69) is 64.2 Å². The van der Waals surface area contributed by atoms with Crippen LogP contribution in [0.2, 0.25) is 0 Å². The maximum Gasteiger partial charge on any atom is 0.407 e. The van der Waals surface area contributed by atoms with Crippen LogP contribution in [0.4, 0.5) is 16.3 Å². The first kappa shape index (κ1) is 32.4. The summed E-state index contributed by atoms with van der Waals surface area (Å²) in [5, 5.41) is 21.6. The highest BCUT2D eigenvalue weighted by molar-refractivity contribution is 5.97. The molecule has 12 heteroatoms. The van der Waals surface area contributed by atoms with E-state index >= 15 is 0 Å². The molecule has 1 amide bonds. The Labute approximate surface area is 281 Å². The minimum atomic E-state index is -0.994. The third kappa shape index (κ3) is 6.86. The predicted molar refractivity (Wildman–Crippen MR) is 181 cm³/mol. The summed E-state index contributed by atoms with van der Waals surface area (Å²) in [5.41, 5.74) is 4.26. The van der Waals surface area contributed by atoms with Gasteiger partial charge in [-0.05, 0) is 69.1 Å². The SMILES string of the molecule is CN1CCC[C@H]1COc1nc2c(c(N3CCN(C(=O)O)[C@@H](CC#N)C3)n1)CCN(c1cccc3cccc(COC4CCCCO4)c13)C2. The summed E-state index contributed by atoms with van der Waals surface area (Å²) in [6.45, 7) is 5.35. The number of benzene rings is 2. The molecule has 5 heterocycles. The quantitative estimate of drug-likeness (QED) is 0.342. The second-order valence-corrected chi connectivity index (χ2v) is 13.4. The lowest BCUT2D eigenvalue weighted by Gasteiger charge is -2.41. The number of hydrogen-bond donors (Lipinski definition) is 1. The average molecular weight is 656 g/mol. The number of likely N-dealkylation sites (tertiary alicyclic amines) is 1. The van der Waals surface area contributed by atoms with Crippen molar-refractivity contribution in [3.63, 3.8) is 0 Å². The highest BCUT2D eigenvalue weighted by Gasteiger charge is 2.34. The van der Waals surface area contributed by atoms with E-state index in [1.807, 2.05) is 0 Å². The zero-order valence-corrected chi connectivity index (χ0v) is 27.7. The summed E-state index contributed by atoms with van der Waals surface area (Å²) < 4.78 is 18.4. The Balaban J connectivity index is 1.19. The van der Waals surface area contributed by atoms with Gasteiger partial charge < -0.3 is 38.9 Å². The number of aromatic nitrogens is 2. The molecule has 3 aromatic rings. The molecule has 48 heavy (non-hydrogen) atoms. The Hall–Kier alpha value is -4.18. The summed E-state index contributed by atoms with van der Waals surface area (Å²) in [6, 6.07) is 15.2. The van der Waals surface area contributed by atoms with Crippen LogP contribution in [-0.2, 0) is 29.0 Å². The molecule has 254 valence electrons. The third-order valence-corrected chi connectivity index (χ3v) is 10.3. The van der Waals surface area contributed by atoms with E-state index in [1.54, 1.807) is 0 Å². The Morgan fingerprint density at radius 3 is 2.69 bits per heavy atom. The van der Waals surface area contributed by atoms with Crippen LogP contribution in [0.15, 0.2) is 36.4 Å². The molecule has 7 rings (SSSR count). The van der Waals surface area contributed by atoms with Gasteiger partial charge in [0.2, 0.25) is 0 Å². The molecular formula is C36H45N7O5. The molecule has 1 unspecified atom stereocenters. The summed E-state index contributed by atoms with van der Waals surface area (Å²) in [5.74, 6) is 0.793. The van der Waals surface area contributed by atoms with E-state index in [9.17, 15) is 15.2 Å². The first-order valence-electron chi connectivity index (χ1n) is 17.3. The lowest BCUT2D eigenvalue weighted by molar-refractivity contribution is -0.168. The van der Waals surface area contributed by atoms with Gasteiger partial charge >= 0.3 is 12.1 Å². The smallest absolute Gasteiger partial charge is 0.407 e. The minimum Gasteiger partial charge on any atom is -0.465 e. The molecule has 3 fully saturated rings. The molecule has 12 nitrogen and oxygen atoms in total. The van der Waals surface area contributed by atoms with Crippen LogP contribution in [0.5, 0.6) is 6.01 Å². The topological polar surface area (TPSA) is 128 Å². The number of amides is 1. The van der Waals surface area contributed by atoms with Crippen LogP contribution in [0, 0.1) is 11.3 Å². The Morgan fingerprint density at radius 2 is 1.92 bits per heavy atom. The predicted octanol–water partition coefficient (Wildman–Crippen LogP) is 4.79. The number of likely N-dealkylation sites (N-methyl/N-ethyl adjacent to an activating group) is 1. The lowest BCUT2D eigenvalue weighted by Crippen LogP contribution is -2.55. The van der Waals surface area contributed by atoms with Crippen molar-refractivity contribution in [2.45, 2.75) is 76.5 Å². The normalized spacial score (nSPS) is 23.2. The fourth-order valence-corrected chi connectivity index (χ4v) is 7.67. The number of fused-ring (bicyclic) bond motifs is 2. The van der Waals surface area contributed by atoms with Crippen molar-refractivity contribution in [2.24, 2.45) is 0 Å². The van der Waals surface area contributed by atoms with E-state index in [-0.39, 0.29) is 12.7 Å². The molecule has 1 aromatic heterocycles. The standard InChI is InChI=1S/C36H45N7O5/c1-40-16-6-10-28(40)24-48-35-38-30-22-41(17-14-29(30)34(39-35)42-18-19-43(36(44)45)27(21-42)13-15-37)31-11-5-8-25-7-4-9-26(33(25)31)23-47-32-12-2-3-20-46-32/h4-5,7-9,11,27-28,32H,2-3,6,10,12-14,16-24H2,1H3,(H,44,45)/t27-,28-,32?/m0/s1. The van der Waals surface area contributed by atoms with E-state index in [1.165, 1.54) is 10.3 Å². The summed E-state index contributed by atoms with van der Waals surface area (Å²) >= 11 is 0. The van der Waals surface area contributed by atoms with Crippen LogP contribution in [0.25, 0.3) is 10.8 Å². The fraction of sp³-hybridized carbons (Fsp3) is 0.556. The summed E-state index contributed by atoms with van der Waals surface area (Å²) in [7, 11) is 2.13. The molecule has 0 spiro atoms. The number of rotatable bonds is 9. The van der Waals surface area contributed by atoms with Gasteiger partial charge in [0, 0.05) is 55.5 Å². The van der Waals surface area contributed by atoms with Gasteiger partial charge in [-0.15, -0.1) is 0 Å². The fourth-order valence-electron chi connectivity index (χ4n) is 7.67. The van der Waals surface area contributed by atoms with E-state index in [0.29, 0.717) is 51.4 Å². The molecule has 2 aromatic carbocycles. The van der Waals surface area contributed by atoms with Crippen LogP contribution >= 0.6 is 0 Å². The monoisotopic (exact) mass is 655 g/mol. The molecule has 3 saturated heterocycles. The van der Waals surface area contributed by atoms with Crippen LogP contribution < -0.4 is 14.5 Å². The van der Waals surface area contributed by atoms with Crippen LogP contribution in [0.3, 0.4) is 0 Å². The number of nitrogens with zero attached hydrogens (tertiary/aromatic N) is 7. The van der Waals surface area contributed by atoms with Crippen LogP contribution in [0.1, 0.15) is 55.3 Å². The number of nitriles is 1. The summed E-state index contributed by atoms with van der Waals surface area (Å²) in [6.07, 6.45) is 5.06. The van der Waals surface area contributed by atoms with Crippen molar-refractivity contribution >= 4 is 28.4 Å². The number of anilines is 2. The van der Waals surface area contributed by atoms with Gasteiger partial charge in [-0.25, -0.2) is 4.79 Å². The number of hydrogen-bond acceptors (Lipinski definition) is 10. The highest BCUT2D eigenvalue weighted by Crippen LogP contribution is 2.36. The van der Waals surface area contributed by atoms with Crippen LogP contribution in [-0.4, -0.2) is 102 Å². The average Bonchev–Trinajstić information content (AvgIpc) is 3.53. The maximum absolute atomic E-state index is 11.9. The Morgan fingerprint density at radius 1 is 1.04 bits per heavy atom. The van der Waals surface area contributed by atoms with E-state index in [0.717, 1.165) is 91.9 Å². The number of carbonyl (C=O) groups is 1. The third-order valence-electron chi connectivity index (χ3n) is 10.3. The first-order chi connectivity index (χ1) is 23.5. The number of piperazine rings is 1.